The molecule has 1 aromatic heterocycles. The van der Waals surface area contributed by atoms with Gasteiger partial charge in [0, 0.05) is 24.7 Å². The molecular formula is C23H18N4O4. The second-order valence-corrected chi connectivity index (χ2v) is 7.60. The van der Waals surface area contributed by atoms with Gasteiger partial charge in [0.2, 0.25) is 11.8 Å². The molecule has 0 radical (unpaired) electrons. The van der Waals surface area contributed by atoms with Crippen molar-refractivity contribution in [3.05, 3.63) is 76.3 Å². The van der Waals surface area contributed by atoms with E-state index in [4.69, 9.17) is 0 Å². The van der Waals surface area contributed by atoms with Crippen LogP contribution in [-0.2, 0) is 16.1 Å². The van der Waals surface area contributed by atoms with Crippen molar-refractivity contribution in [1.82, 2.24) is 20.2 Å². The number of nitrogens with zero attached hydrogens (tertiary/aromatic N) is 2. The molecule has 2 N–H and O–H groups in total. The molecule has 31 heavy (non-hydrogen) atoms. The van der Waals surface area contributed by atoms with Crippen LogP contribution in [0.5, 0.6) is 0 Å². The van der Waals surface area contributed by atoms with E-state index in [1.807, 2.05) is 36.4 Å². The van der Waals surface area contributed by atoms with Crippen molar-refractivity contribution >= 4 is 17.7 Å². The number of aromatic amines is 1. The van der Waals surface area contributed by atoms with E-state index in [0.717, 1.165) is 22.3 Å². The molecule has 2 aliphatic heterocycles. The highest BCUT2D eigenvalue weighted by Crippen LogP contribution is 2.35. The van der Waals surface area contributed by atoms with E-state index in [1.54, 1.807) is 17.0 Å². The summed E-state index contributed by atoms with van der Waals surface area (Å²) in [6.07, 6.45) is 2.02. The van der Waals surface area contributed by atoms with Crippen LogP contribution in [0.4, 0.5) is 0 Å². The number of piperidine rings is 1. The molecule has 154 valence electrons. The van der Waals surface area contributed by atoms with E-state index < -0.39 is 17.6 Å². The lowest BCUT2D eigenvalue weighted by Crippen LogP contribution is -2.52. The van der Waals surface area contributed by atoms with Crippen LogP contribution in [0.15, 0.2) is 59.5 Å². The predicted molar refractivity (Wildman–Crippen MR) is 112 cm³/mol. The van der Waals surface area contributed by atoms with Crippen LogP contribution < -0.4 is 11.0 Å². The van der Waals surface area contributed by atoms with Crippen LogP contribution >= 0.6 is 0 Å². The van der Waals surface area contributed by atoms with E-state index in [1.165, 1.54) is 6.20 Å². The highest BCUT2D eigenvalue weighted by molar-refractivity contribution is 6.06. The second-order valence-electron chi connectivity index (χ2n) is 7.60. The number of aromatic nitrogens is 2. The first-order valence-corrected chi connectivity index (χ1v) is 9.94. The minimum atomic E-state index is -0.642. The smallest absolute Gasteiger partial charge is 0.322 e. The van der Waals surface area contributed by atoms with Crippen molar-refractivity contribution in [2.45, 2.75) is 25.4 Å². The summed E-state index contributed by atoms with van der Waals surface area (Å²) in [6, 6.07) is 14.3. The van der Waals surface area contributed by atoms with Crippen LogP contribution in [0, 0.1) is 0 Å². The number of fused-ring (bicyclic) bond motifs is 1. The SMILES string of the molecule is O=C1CCC(N2Cc3c(cccc3-c3ccc(-c4ccnc(=O)[nH]4)cc3)C2=O)C(=O)N1. The van der Waals surface area contributed by atoms with E-state index in [0.29, 0.717) is 24.2 Å². The Bertz CT molecular complexity index is 1280. The van der Waals surface area contributed by atoms with Crippen LogP contribution in [0.25, 0.3) is 22.4 Å². The average Bonchev–Trinajstić information content (AvgIpc) is 3.10. The number of H-pyrrole nitrogens is 1. The van der Waals surface area contributed by atoms with Gasteiger partial charge < -0.3 is 9.88 Å². The number of imide groups is 1. The van der Waals surface area contributed by atoms with Gasteiger partial charge in [-0.1, -0.05) is 36.4 Å². The lowest BCUT2D eigenvalue weighted by Gasteiger charge is -2.29. The Balaban J connectivity index is 1.46. The van der Waals surface area contributed by atoms with Gasteiger partial charge in [-0.2, -0.15) is 0 Å². The van der Waals surface area contributed by atoms with Crippen molar-refractivity contribution in [3.8, 4) is 22.4 Å². The maximum absolute atomic E-state index is 13.0. The highest BCUT2D eigenvalue weighted by atomic mass is 16.2. The Morgan fingerprint density at radius 1 is 0.903 bits per heavy atom. The van der Waals surface area contributed by atoms with Crippen LogP contribution in [-0.4, -0.2) is 38.6 Å². The highest BCUT2D eigenvalue weighted by Gasteiger charge is 2.39. The number of hydrogen-bond donors (Lipinski definition) is 2. The van der Waals surface area contributed by atoms with Gasteiger partial charge in [-0.15, -0.1) is 0 Å². The Morgan fingerprint density at radius 2 is 1.65 bits per heavy atom. The van der Waals surface area contributed by atoms with E-state index in [2.05, 4.69) is 15.3 Å². The van der Waals surface area contributed by atoms with Gasteiger partial charge in [-0.3, -0.25) is 19.7 Å². The number of rotatable bonds is 3. The second kappa shape index (κ2) is 7.32. The third kappa shape index (κ3) is 3.31. The molecule has 3 aromatic rings. The third-order valence-electron chi connectivity index (χ3n) is 5.76. The van der Waals surface area contributed by atoms with Crippen molar-refractivity contribution in [3.63, 3.8) is 0 Å². The van der Waals surface area contributed by atoms with Crippen molar-refractivity contribution in [2.75, 3.05) is 0 Å². The first-order chi connectivity index (χ1) is 15.0. The van der Waals surface area contributed by atoms with Gasteiger partial charge in [-0.25, -0.2) is 9.78 Å². The minimum absolute atomic E-state index is 0.197. The molecule has 3 heterocycles. The molecule has 0 saturated carbocycles. The summed E-state index contributed by atoms with van der Waals surface area (Å²) >= 11 is 0. The summed E-state index contributed by atoms with van der Waals surface area (Å²) < 4.78 is 0. The third-order valence-corrected chi connectivity index (χ3v) is 5.76. The topological polar surface area (TPSA) is 112 Å². The fourth-order valence-corrected chi connectivity index (χ4v) is 4.22. The quantitative estimate of drug-likeness (QED) is 0.636. The van der Waals surface area contributed by atoms with Gasteiger partial charge >= 0.3 is 5.69 Å². The molecule has 2 aliphatic rings. The zero-order chi connectivity index (χ0) is 21.5. The molecule has 5 rings (SSSR count). The molecule has 1 fully saturated rings. The monoisotopic (exact) mass is 414 g/mol. The summed E-state index contributed by atoms with van der Waals surface area (Å²) in [4.78, 5) is 56.1. The van der Waals surface area contributed by atoms with Crippen LogP contribution in [0.1, 0.15) is 28.8 Å². The maximum Gasteiger partial charge on any atom is 0.345 e. The lowest BCUT2D eigenvalue weighted by molar-refractivity contribution is -0.136. The van der Waals surface area contributed by atoms with Gasteiger partial charge in [0.25, 0.3) is 5.91 Å². The number of hydrogen-bond acceptors (Lipinski definition) is 5. The number of nitrogens with one attached hydrogen (secondary N) is 2. The summed E-state index contributed by atoms with van der Waals surface area (Å²) in [5.74, 6) is -0.922. The lowest BCUT2D eigenvalue weighted by atomic mass is 9.96. The number of carbonyl (C=O) groups is 3. The standard InChI is InChI=1S/C23H18N4O4/c28-20-9-8-19(21(29)26-20)27-12-17-15(2-1-3-16(17)22(27)30)13-4-6-14(7-5-13)18-10-11-24-23(31)25-18/h1-7,10-11,19H,8-9,12H2,(H,24,25,31)(H,26,28,29). The van der Waals surface area contributed by atoms with Crippen LogP contribution in [0.2, 0.25) is 0 Å². The average molecular weight is 414 g/mol. The molecule has 1 unspecified atom stereocenters. The summed E-state index contributed by atoms with van der Waals surface area (Å²) in [5, 5.41) is 2.32. The van der Waals surface area contributed by atoms with E-state index >= 15 is 0 Å². The van der Waals surface area contributed by atoms with Crippen molar-refractivity contribution in [1.29, 1.82) is 0 Å². The maximum atomic E-state index is 13.0. The van der Waals surface area contributed by atoms with E-state index in [-0.39, 0.29) is 18.2 Å². The predicted octanol–water partition coefficient (Wildman–Crippen LogP) is 1.86. The van der Waals surface area contributed by atoms with Crippen molar-refractivity contribution < 1.29 is 14.4 Å². The molecule has 1 atom stereocenters. The fourth-order valence-electron chi connectivity index (χ4n) is 4.22. The fraction of sp³-hybridized carbons (Fsp3) is 0.174. The Kier molecular flexibility index (Phi) is 4.47. The summed E-state index contributed by atoms with van der Waals surface area (Å²) in [6.45, 7) is 0.316. The van der Waals surface area contributed by atoms with Crippen molar-refractivity contribution in [2.24, 2.45) is 0 Å². The molecule has 3 amide bonds. The molecule has 0 aliphatic carbocycles. The number of carbonyl (C=O) groups excluding carboxylic acids is 3. The number of amides is 3. The molecule has 8 heteroatoms. The normalized spacial score (nSPS) is 18.1. The zero-order valence-electron chi connectivity index (χ0n) is 16.4. The summed E-state index contributed by atoms with van der Waals surface area (Å²) in [5.41, 5.74) is 4.38. The van der Waals surface area contributed by atoms with Gasteiger partial charge in [0.1, 0.15) is 6.04 Å². The zero-order valence-corrected chi connectivity index (χ0v) is 16.4. The van der Waals surface area contributed by atoms with Gasteiger partial charge in [-0.05, 0) is 40.8 Å². The molecule has 0 bridgehead atoms. The Labute approximate surface area is 176 Å². The Hall–Kier alpha value is -4.07. The van der Waals surface area contributed by atoms with Gasteiger partial charge in [0.15, 0.2) is 0 Å². The molecule has 8 nitrogen and oxygen atoms in total. The molecule has 0 spiro atoms. The minimum Gasteiger partial charge on any atom is -0.322 e. The van der Waals surface area contributed by atoms with E-state index in [9.17, 15) is 19.2 Å². The molecular weight excluding hydrogens is 396 g/mol. The first-order valence-electron chi connectivity index (χ1n) is 9.94. The largest absolute Gasteiger partial charge is 0.345 e. The summed E-state index contributed by atoms with van der Waals surface area (Å²) in [7, 11) is 0. The first kappa shape index (κ1) is 18.9. The molecule has 1 saturated heterocycles. The number of benzene rings is 2. The van der Waals surface area contributed by atoms with Gasteiger partial charge in [0.05, 0.1) is 5.69 Å². The molecule has 2 aromatic carbocycles. The Morgan fingerprint density at radius 3 is 2.39 bits per heavy atom. The van der Waals surface area contributed by atoms with Crippen LogP contribution in [0.3, 0.4) is 0 Å².